The van der Waals surface area contributed by atoms with Crippen LogP contribution in [0.1, 0.15) is 12.5 Å². The van der Waals surface area contributed by atoms with Gasteiger partial charge in [0, 0.05) is 0 Å². The van der Waals surface area contributed by atoms with Crippen molar-refractivity contribution in [2.75, 3.05) is 6.61 Å². The first-order valence-corrected chi connectivity index (χ1v) is 6.98. The first-order valence-electron chi connectivity index (χ1n) is 6.98. The molecule has 0 aromatic heterocycles. The second kappa shape index (κ2) is 8.42. The topological polar surface area (TPSA) is 50.7 Å². The Morgan fingerprint density at radius 2 is 1.73 bits per heavy atom. The first kappa shape index (κ1) is 15.5. The normalized spacial score (nSPS) is 11.4. The molecule has 0 spiro atoms. The molecule has 1 N–H and O–H groups in total. The molecule has 0 fully saturated rings. The van der Waals surface area contributed by atoms with Crippen LogP contribution in [0.25, 0.3) is 6.08 Å². The van der Waals surface area contributed by atoms with Crippen LogP contribution in [-0.4, -0.2) is 18.2 Å². The smallest absolute Gasteiger partial charge is 0.277 e. The van der Waals surface area contributed by atoms with Crippen molar-refractivity contribution < 1.29 is 9.53 Å². The van der Waals surface area contributed by atoms with E-state index in [9.17, 15) is 4.79 Å². The number of benzene rings is 2. The second-order valence-corrected chi connectivity index (χ2v) is 4.63. The maximum absolute atomic E-state index is 11.6. The summed E-state index contributed by atoms with van der Waals surface area (Å²) in [6.07, 6.45) is 3.78. The van der Waals surface area contributed by atoms with Crippen LogP contribution in [-0.2, 0) is 4.79 Å². The van der Waals surface area contributed by atoms with E-state index in [4.69, 9.17) is 4.74 Å². The lowest BCUT2D eigenvalue weighted by atomic mass is 10.2. The number of hydrogen-bond acceptors (Lipinski definition) is 3. The maximum Gasteiger partial charge on any atom is 0.277 e. The third kappa shape index (κ3) is 5.63. The largest absolute Gasteiger partial charge is 0.484 e. The van der Waals surface area contributed by atoms with Crippen molar-refractivity contribution in [2.45, 2.75) is 6.92 Å². The summed E-state index contributed by atoms with van der Waals surface area (Å²) in [6.45, 7) is 1.75. The summed E-state index contributed by atoms with van der Waals surface area (Å²) in [5.74, 6) is 0.360. The number of allylic oxidation sites excluding steroid dienone is 1. The SMILES string of the molecule is CC(C=Cc1ccccc1)=NNC(=O)COc1ccccc1. The Morgan fingerprint density at radius 1 is 1.09 bits per heavy atom. The molecule has 0 aliphatic carbocycles. The molecule has 0 aliphatic heterocycles. The average Bonchev–Trinajstić information content (AvgIpc) is 2.58. The van der Waals surface area contributed by atoms with Gasteiger partial charge in [-0.2, -0.15) is 5.10 Å². The van der Waals surface area contributed by atoms with E-state index in [-0.39, 0.29) is 12.5 Å². The van der Waals surface area contributed by atoms with Crippen molar-refractivity contribution in [1.29, 1.82) is 0 Å². The number of para-hydroxylation sites is 1. The number of hydrogen-bond donors (Lipinski definition) is 1. The van der Waals surface area contributed by atoms with E-state index in [0.717, 1.165) is 5.56 Å². The molecule has 2 rings (SSSR count). The fourth-order valence-corrected chi connectivity index (χ4v) is 1.67. The molecule has 2 aromatic rings. The molecular formula is C18H18N2O2. The molecule has 1 amide bonds. The lowest BCUT2D eigenvalue weighted by molar-refractivity contribution is -0.123. The zero-order chi connectivity index (χ0) is 15.6. The average molecular weight is 294 g/mol. The fourth-order valence-electron chi connectivity index (χ4n) is 1.67. The summed E-state index contributed by atoms with van der Waals surface area (Å²) in [5.41, 5.74) is 4.25. The van der Waals surface area contributed by atoms with E-state index < -0.39 is 0 Å². The molecule has 0 radical (unpaired) electrons. The molecule has 0 saturated heterocycles. The highest BCUT2D eigenvalue weighted by Crippen LogP contribution is 2.07. The van der Waals surface area contributed by atoms with Crippen LogP contribution in [0.5, 0.6) is 5.75 Å². The molecule has 22 heavy (non-hydrogen) atoms. The summed E-state index contributed by atoms with van der Waals surface area (Å²) in [7, 11) is 0. The molecule has 0 unspecified atom stereocenters. The van der Waals surface area contributed by atoms with Gasteiger partial charge >= 0.3 is 0 Å². The quantitative estimate of drug-likeness (QED) is 0.656. The minimum atomic E-state index is -0.295. The van der Waals surface area contributed by atoms with Gasteiger partial charge in [-0.05, 0) is 30.7 Å². The lowest BCUT2D eigenvalue weighted by Crippen LogP contribution is -2.25. The minimum Gasteiger partial charge on any atom is -0.484 e. The Labute approximate surface area is 130 Å². The number of rotatable bonds is 6. The van der Waals surface area contributed by atoms with Gasteiger partial charge in [-0.1, -0.05) is 54.6 Å². The van der Waals surface area contributed by atoms with Gasteiger partial charge in [-0.15, -0.1) is 0 Å². The van der Waals surface area contributed by atoms with E-state index in [0.29, 0.717) is 11.5 Å². The molecule has 0 saturated carbocycles. The van der Waals surface area contributed by atoms with Crippen LogP contribution < -0.4 is 10.2 Å². The highest BCUT2D eigenvalue weighted by Gasteiger charge is 2.00. The Hall–Kier alpha value is -2.88. The van der Waals surface area contributed by atoms with Gasteiger partial charge in [-0.3, -0.25) is 4.79 Å². The minimum absolute atomic E-state index is 0.0663. The van der Waals surface area contributed by atoms with Gasteiger partial charge in [-0.25, -0.2) is 5.43 Å². The van der Waals surface area contributed by atoms with Crippen LogP contribution in [0, 0.1) is 0 Å². The van der Waals surface area contributed by atoms with Crippen molar-refractivity contribution in [2.24, 2.45) is 5.10 Å². The van der Waals surface area contributed by atoms with E-state index in [1.165, 1.54) is 0 Å². The predicted octanol–water partition coefficient (Wildman–Crippen LogP) is 3.27. The van der Waals surface area contributed by atoms with Crippen LogP contribution >= 0.6 is 0 Å². The molecule has 0 atom stereocenters. The molecule has 4 nitrogen and oxygen atoms in total. The Balaban J connectivity index is 1.78. The Kier molecular flexibility index (Phi) is 5.93. The molecular weight excluding hydrogens is 276 g/mol. The van der Waals surface area contributed by atoms with Gasteiger partial charge in [0.15, 0.2) is 6.61 Å². The van der Waals surface area contributed by atoms with Gasteiger partial charge in [0.25, 0.3) is 5.91 Å². The third-order valence-electron chi connectivity index (χ3n) is 2.79. The van der Waals surface area contributed by atoms with Crippen molar-refractivity contribution in [3.05, 3.63) is 72.3 Å². The molecule has 4 heteroatoms. The van der Waals surface area contributed by atoms with E-state index in [2.05, 4.69) is 10.5 Å². The molecule has 0 aliphatic rings. The number of ether oxygens (including phenoxy) is 1. The summed E-state index contributed by atoms with van der Waals surface area (Å²) in [4.78, 5) is 11.6. The van der Waals surface area contributed by atoms with Crippen molar-refractivity contribution in [3.8, 4) is 5.75 Å². The van der Waals surface area contributed by atoms with Gasteiger partial charge in [0.2, 0.25) is 0 Å². The summed E-state index contributed by atoms with van der Waals surface area (Å²) in [6, 6.07) is 19.1. The molecule has 0 bridgehead atoms. The van der Waals surface area contributed by atoms with Crippen LogP contribution in [0.3, 0.4) is 0 Å². The zero-order valence-electron chi connectivity index (χ0n) is 12.4. The summed E-state index contributed by atoms with van der Waals surface area (Å²) >= 11 is 0. The zero-order valence-corrected chi connectivity index (χ0v) is 12.4. The van der Waals surface area contributed by atoms with Crippen molar-refractivity contribution in [3.63, 3.8) is 0 Å². The van der Waals surface area contributed by atoms with Crippen LogP contribution in [0.2, 0.25) is 0 Å². The highest BCUT2D eigenvalue weighted by atomic mass is 16.5. The molecule has 112 valence electrons. The van der Waals surface area contributed by atoms with E-state index in [1.54, 1.807) is 12.1 Å². The van der Waals surface area contributed by atoms with E-state index in [1.807, 2.05) is 67.6 Å². The van der Waals surface area contributed by atoms with Gasteiger partial charge in [0.05, 0.1) is 5.71 Å². The monoisotopic (exact) mass is 294 g/mol. The number of hydrazone groups is 1. The predicted molar refractivity (Wildman–Crippen MR) is 88.7 cm³/mol. The van der Waals surface area contributed by atoms with Gasteiger partial charge in [0.1, 0.15) is 5.75 Å². The summed E-state index contributed by atoms with van der Waals surface area (Å²) < 4.78 is 5.33. The Bertz CT molecular complexity index is 649. The first-order chi connectivity index (χ1) is 10.7. The van der Waals surface area contributed by atoms with Crippen molar-refractivity contribution in [1.82, 2.24) is 5.43 Å². The van der Waals surface area contributed by atoms with Crippen molar-refractivity contribution >= 4 is 17.7 Å². The van der Waals surface area contributed by atoms with Gasteiger partial charge < -0.3 is 4.74 Å². The number of carbonyl (C=O) groups is 1. The highest BCUT2D eigenvalue weighted by molar-refractivity contribution is 5.97. The molecule has 2 aromatic carbocycles. The summed E-state index contributed by atoms with van der Waals surface area (Å²) in [5, 5.41) is 4.00. The Morgan fingerprint density at radius 3 is 2.41 bits per heavy atom. The maximum atomic E-state index is 11.6. The number of amides is 1. The third-order valence-corrected chi connectivity index (χ3v) is 2.79. The number of nitrogens with one attached hydrogen (secondary N) is 1. The standard InChI is InChI=1S/C18H18N2O2/c1-15(12-13-16-8-4-2-5-9-16)19-20-18(21)14-22-17-10-6-3-7-11-17/h2-13H,14H2,1H3,(H,20,21). The van der Waals surface area contributed by atoms with E-state index >= 15 is 0 Å². The number of carbonyl (C=O) groups excluding carboxylic acids is 1. The molecule has 0 heterocycles. The fraction of sp³-hybridized carbons (Fsp3) is 0.111. The van der Waals surface area contributed by atoms with Crippen LogP contribution in [0.15, 0.2) is 71.8 Å². The lowest BCUT2D eigenvalue weighted by Gasteiger charge is -2.04. The second-order valence-electron chi connectivity index (χ2n) is 4.63. The van der Waals surface area contributed by atoms with Crippen LogP contribution in [0.4, 0.5) is 0 Å². The number of nitrogens with zero attached hydrogens (tertiary/aromatic N) is 1.